The molecule has 0 aromatic carbocycles. The first-order chi connectivity index (χ1) is 10.2. The lowest BCUT2D eigenvalue weighted by Gasteiger charge is -2.39. The molecule has 0 unspecified atom stereocenters. The molecule has 1 fully saturated rings. The summed E-state index contributed by atoms with van der Waals surface area (Å²) >= 11 is 0. The highest BCUT2D eigenvalue weighted by atomic mass is 28.4. The Balaban J connectivity index is 2.28. The van der Waals surface area contributed by atoms with Gasteiger partial charge in [0, 0.05) is 32.5 Å². The van der Waals surface area contributed by atoms with Gasteiger partial charge in [0.1, 0.15) is 0 Å². The van der Waals surface area contributed by atoms with E-state index in [0.717, 1.165) is 12.5 Å². The van der Waals surface area contributed by atoms with E-state index in [-0.39, 0.29) is 12.0 Å². The van der Waals surface area contributed by atoms with Gasteiger partial charge in [-0.05, 0) is 27.2 Å². The topological polar surface area (TPSA) is 66.4 Å². The van der Waals surface area contributed by atoms with E-state index in [9.17, 15) is 5.11 Å². The third-order valence-electron chi connectivity index (χ3n) is 3.42. The molecular weight excluding hydrogens is 292 g/mol. The number of ether oxygens (including phenoxy) is 2. The van der Waals surface area contributed by atoms with Gasteiger partial charge < -0.3 is 27.9 Å². The molecule has 0 bridgehead atoms. The minimum absolute atomic E-state index is 0.114. The number of aliphatic hydroxyl groups excluding tert-OH is 1. The van der Waals surface area contributed by atoms with Crippen molar-refractivity contribution in [2.45, 2.75) is 33.2 Å². The summed E-state index contributed by atoms with van der Waals surface area (Å²) in [6, 6.07) is 0.755. The minimum Gasteiger partial charge on any atom is -0.396 e. The van der Waals surface area contributed by atoms with Crippen molar-refractivity contribution in [3.05, 3.63) is 0 Å². The fourth-order valence-corrected chi connectivity index (χ4v) is 4.87. The fourth-order valence-electron chi connectivity index (χ4n) is 2.29. The van der Waals surface area contributed by atoms with Crippen LogP contribution in [0.1, 0.15) is 27.2 Å². The molecule has 1 N–H and O–H groups in total. The lowest BCUT2D eigenvalue weighted by molar-refractivity contribution is -0.168. The third-order valence-corrected chi connectivity index (χ3v) is 6.58. The van der Waals surface area contributed by atoms with E-state index in [0.29, 0.717) is 46.2 Å². The Hall–Kier alpha value is -0.0231. The van der Waals surface area contributed by atoms with Gasteiger partial charge in [0.25, 0.3) is 0 Å². The summed E-state index contributed by atoms with van der Waals surface area (Å²) in [4.78, 5) is 0. The van der Waals surface area contributed by atoms with Gasteiger partial charge in [-0.2, -0.15) is 0 Å². The van der Waals surface area contributed by atoms with Gasteiger partial charge >= 0.3 is 8.80 Å². The van der Waals surface area contributed by atoms with Gasteiger partial charge in [0.15, 0.2) is 0 Å². The Bertz CT molecular complexity index is 250. The van der Waals surface area contributed by atoms with E-state index in [2.05, 4.69) is 0 Å². The number of aliphatic hydroxyl groups is 1. The summed E-state index contributed by atoms with van der Waals surface area (Å²) in [6.45, 7) is 10.1. The smallest absolute Gasteiger partial charge is 0.396 e. The van der Waals surface area contributed by atoms with Crippen LogP contribution in [-0.4, -0.2) is 66.8 Å². The molecule has 1 aliphatic heterocycles. The van der Waals surface area contributed by atoms with Gasteiger partial charge in [-0.3, -0.25) is 0 Å². The summed E-state index contributed by atoms with van der Waals surface area (Å²) < 4.78 is 28.2. The molecule has 0 aliphatic carbocycles. The molecule has 0 spiro atoms. The molecule has 0 aromatic rings. The van der Waals surface area contributed by atoms with Crippen LogP contribution in [0.5, 0.6) is 0 Å². The predicted molar refractivity (Wildman–Crippen MR) is 81.2 cm³/mol. The SMILES string of the molecule is CCO[Si](CCCOCC1(CO)COC1)(OCC)OCC. The molecule has 126 valence electrons. The normalized spacial score (nSPS) is 17.7. The Morgan fingerprint density at radius 2 is 1.62 bits per heavy atom. The van der Waals surface area contributed by atoms with Crippen LogP contribution in [0.2, 0.25) is 6.04 Å². The van der Waals surface area contributed by atoms with Crippen molar-refractivity contribution in [3.63, 3.8) is 0 Å². The van der Waals surface area contributed by atoms with Gasteiger partial charge in [-0.1, -0.05) is 0 Å². The average Bonchev–Trinajstić information content (AvgIpc) is 2.42. The monoisotopic (exact) mass is 322 g/mol. The molecule has 0 saturated carbocycles. The molecular formula is C14H30O6Si. The summed E-state index contributed by atoms with van der Waals surface area (Å²) in [7, 11) is -2.55. The summed E-state index contributed by atoms with van der Waals surface area (Å²) in [5.74, 6) is 0. The maximum Gasteiger partial charge on any atom is 0.501 e. The van der Waals surface area contributed by atoms with Crippen molar-refractivity contribution < 1.29 is 27.9 Å². The lowest BCUT2D eigenvalue weighted by Crippen LogP contribution is -2.49. The largest absolute Gasteiger partial charge is 0.501 e. The molecule has 7 heteroatoms. The van der Waals surface area contributed by atoms with Crippen molar-refractivity contribution >= 4 is 8.80 Å². The second-order valence-corrected chi connectivity index (χ2v) is 8.02. The summed E-state index contributed by atoms with van der Waals surface area (Å²) in [5, 5.41) is 9.32. The maximum atomic E-state index is 9.32. The number of hydrogen-bond acceptors (Lipinski definition) is 6. The van der Waals surface area contributed by atoms with Crippen molar-refractivity contribution in [2.75, 3.05) is 52.9 Å². The van der Waals surface area contributed by atoms with E-state index >= 15 is 0 Å². The van der Waals surface area contributed by atoms with Crippen LogP contribution in [0, 0.1) is 5.41 Å². The van der Waals surface area contributed by atoms with Crippen LogP contribution >= 0.6 is 0 Å². The van der Waals surface area contributed by atoms with E-state index < -0.39 is 8.80 Å². The quantitative estimate of drug-likeness (QED) is 0.409. The second kappa shape index (κ2) is 9.89. The molecule has 0 atom stereocenters. The molecule has 0 radical (unpaired) electrons. The van der Waals surface area contributed by atoms with E-state index in [1.807, 2.05) is 20.8 Å². The first-order valence-corrected chi connectivity index (χ1v) is 9.77. The molecule has 1 saturated heterocycles. The molecule has 21 heavy (non-hydrogen) atoms. The first kappa shape index (κ1) is 19.0. The van der Waals surface area contributed by atoms with Crippen molar-refractivity contribution in [2.24, 2.45) is 5.41 Å². The minimum atomic E-state index is -2.55. The highest BCUT2D eigenvalue weighted by Crippen LogP contribution is 2.27. The van der Waals surface area contributed by atoms with Gasteiger partial charge in [0.2, 0.25) is 0 Å². The standard InChI is InChI=1S/C14H30O6Si/c1-4-18-21(19-5-2,20-6-3)9-7-8-16-11-14(10-15)12-17-13-14/h15H,4-13H2,1-3H3. The molecule has 0 aromatic heterocycles. The zero-order valence-corrected chi connectivity index (χ0v) is 14.6. The molecule has 1 rings (SSSR count). The highest BCUT2D eigenvalue weighted by Gasteiger charge is 2.40. The van der Waals surface area contributed by atoms with Crippen LogP contribution in [0.25, 0.3) is 0 Å². The number of rotatable bonds is 13. The Labute approximate surface area is 129 Å². The summed E-state index contributed by atoms with van der Waals surface area (Å²) in [5.41, 5.74) is -0.186. The molecule has 1 aliphatic rings. The maximum absolute atomic E-state index is 9.32. The predicted octanol–water partition coefficient (Wildman–Crippen LogP) is 1.45. The molecule has 0 amide bonds. The lowest BCUT2D eigenvalue weighted by atomic mass is 9.88. The van der Waals surface area contributed by atoms with Crippen LogP contribution in [0.15, 0.2) is 0 Å². The zero-order chi connectivity index (χ0) is 15.6. The van der Waals surface area contributed by atoms with Crippen molar-refractivity contribution in [1.82, 2.24) is 0 Å². The Morgan fingerprint density at radius 3 is 2.00 bits per heavy atom. The Morgan fingerprint density at radius 1 is 1.05 bits per heavy atom. The van der Waals surface area contributed by atoms with E-state index in [1.54, 1.807) is 0 Å². The molecule has 1 heterocycles. The van der Waals surface area contributed by atoms with Crippen molar-refractivity contribution in [1.29, 1.82) is 0 Å². The van der Waals surface area contributed by atoms with Gasteiger partial charge in [-0.15, -0.1) is 0 Å². The van der Waals surface area contributed by atoms with Crippen LogP contribution in [0.3, 0.4) is 0 Å². The van der Waals surface area contributed by atoms with Gasteiger partial charge in [0.05, 0.1) is 31.8 Å². The zero-order valence-electron chi connectivity index (χ0n) is 13.6. The molecule has 6 nitrogen and oxygen atoms in total. The fraction of sp³-hybridized carbons (Fsp3) is 1.00. The van der Waals surface area contributed by atoms with Gasteiger partial charge in [-0.25, -0.2) is 0 Å². The van der Waals surface area contributed by atoms with Crippen LogP contribution in [0.4, 0.5) is 0 Å². The van der Waals surface area contributed by atoms with E-state index in [4.69, 9.17) is 22.8 Å². The van der Waals surface area contributed by atoms with Crippen LogP contribution in [-0.2, 0) is 22.8 Å². The first-order valence-electron chi connectivity index (χ1n) is 7.84. The number of hydrogen-bond donors (Lipinski definition) is 1. The average molecular weight is 322 g/mol. The van der Waals surface area contributed by atoms with Crippen LogP contribution < -0.4 is 0 Å². The van der Waals surface area contributed by atoms with Crippen molar-refractivity contribution in [3.8, 4) is 0 Å². The highest BCUT2D eigenvalue weighted by molar-refractivity contribution is 6.60. The Kier molecular flexibility index (Phi) is 8.96. The summed E-state index contributed by atoms with van der Waals surface area (Å²) in [6.07, 6.45) is 0.828. The third kappa shape index (κ3) is 5.94. The second-order valence-electron chi connectivity index (χ2n) is 5.29. The van der Waals surface area contributed by atoms with E-state index in [1.165, 1.54) is 0 Å².